The van der Waals surface area contributed by atoms with Crippen molar-refractivity contribution >= 4 is 5.91 Å². The van der Waals surface area contributed by atoms with Crippen molar-refractivity contribution < 1.29 is 4.79 Å². The lowest BCUT2D eigenvalue weighted by Gasteiger charge is -2.28. The first-order chi connectivity index (χ1) is 7.09. The van der Waals surface area contributed by atoms with Crippen LogP contribution >= 0.6 is 0 Å². The molecular formula is C11H23N3O. The Hall–Kier alpha value is -0.610. The largest absolute Gasteiger partial charge is 0.355 e. The zero-order valence-corrected chi connectivity index (χ0v) is 9.97. The van der Waals surface area contributed by atoms with Crippen LogP contribution in [0.3, 0.4) is 0 Å². The van der Waals surface area contributed by atoms with Gasteiger partial charge in [0.1, 0.15) is 0 Å². The molecule has 1 heterocycles. The maximum absolute atomic E-state index is 11.7. The van der Waals surface area contributed by atoms with Crippen LogP contribution in [0, 0.1) is 5.92 Å². The van der Waals surface area contributed by atoms with E-state index in [9.17, 15) is 4.79 Å². The lowest BCUT2D eigenvalue weighted by Crippen LogP contribution is -2.58. The number of carbonyl (C=O) groups excluding carboxylic acids is 1. The van der Waals surface area contributed by atoms with Gasteiger partial charge < -0.3 is 16.0 Å². The average Bonchev–Trinajstić information content (AvgIpc) is 2.18. The molecule has 0 radical (unpaired) electrons. The van der Waals surface area contributed by atoms with E-state index >= 15 is 0 Å². The van der Waals surface area contributed by atoms with E-state index < -0.39 is 0 Å². The number of rotatable bonds is 4. The average molecular weight is 213 g/mol. The number of hydrogen-bond acceptors (Lipinski definition) is 3. The highest BCUT2D eigenvalue weighted by Crippen LogP contribution is 1.97. The molecule has 2 atom stereocenters. The first-order valence-corrected chi connectivity index (χ1v) is 5.84. The summed E-state index contributed by atoms with van der Waals surface area (Å²) in [5.41, 5.74) is 0. The van der Waals surface area contributed by atoms with Gasteiger partial charge in [-0.15, -0.1) is 0 Å². The Morgan fingerprint density at radius 1 is 1.40 bits per heavy atom. The van der Waals surface area contributed by atoms with Crippen molar-refractivity contribution in [1.29, 1.82) is 0 Å². The molecule has 0 bridgehead atoms. The summed E-state index contributed by atoms with van der Waals surface area (Å²) in [5.74, 6) is 0.762. The second-order valence-electron chi connectivity index (χ2n) is 4.74. The Balaban J connectivity index is 2.17. The Labute approximate surface area is 92.2 Å². The van der Waals surface area contributed by atoms with Crippen molar-refractivity contribution in [3.63, 3.8) is 0 Å². The van der Waals surface area contributed by atoms with E-state index in [1.165, 1.54) is 0 Å². The summed E-state index contributed by atoms with van der Waals surface area (Å²) >= 11 is 0. The molecule has 1 aliphatic heterocycles. The molecule has 0 spiro atoms. The molecule has 1 fully saturated rings. The van der Waals surface area contributed by atoms with Crippen LogP contribution in [0.2, 0.25) is 0 Å². The molecule has 88 valence electrons. The van der Waals surface area contributed by atoms with Crippen molar-refractivity contribution in [2.24, 2.45) is 5.92 Å². The van der Waals surface area contributed by atoms with Crippen molar-refractivity contribution in [2.75, 3.05) is 19.6 Å². The Morgan fingerprint density at radius 2 is 2.13 bits per heavy atom. The number of nitrogens with one attached hydrogen (secondary N) is 3. The van der Waals surface area contributed by atoms with E-state index in [2.05, 4.69) is 36.7 Å². The van der Waals surface area contributed by atoms with Gasteiger partial charge in [-0.2, -0.15) is 0 Å². The second kappa shape index (κ2) is 6.08. The Kier molecular flexibility index (Phi) is 5.05. The first kappa shape index (κ1) is 12.5. The van der Waals surface area contributed by atoms with Gasteiger partial charge in [0.15, 0.2) is 0 Å². The van der Waals surface area contributed by atoms with Gasteiger partial charge in [0.05, 0.1) is 6.04 Å². The Morgan fingerprint density at radius 3 is 2.67 bits per heavy atom. The SMILES string of the molecule is CC(C)CCNC(=O)C1CNC(C)CN1. The number of carbonyl (C=O) groups is 1. The van der Waals surface area contributed by atoms with Crippen LogP contribution in [0.15, 0.2) is 0 Å². The fourth-order valence-electron chi connectivity index (χ4n) is 1.58. The molecule has 0 aromatic rings. The summed E-state index contributed by atoms with van der Waals surface area (Å²) in [7, 11) is 0. The van der Waals surface area contributed by atoms with E-state index in [1.807, 2.05) is 0 Å². The highest BCUT2D eigenvalue weighted by molar-refractivity contribution is 5.82. The van der Waals surface area contributed by atoms with E-state index in [0.29, 0.717) is 12.0 Å². The zero-order chi connectivity index (χ0) is 11.3. The summed E-state index contributed by atoms with van der Waals surface area (Å²) in [6.45, 7) is 8.81. The molecule has 1 rings (SSSR count). The quantitative estimate of drug-likeness (QED) is 0.621. The van der Waals surface area contributed by atoms with Gasteiger partial charge in [0, 0.05) is 25.7 Å². The zero-order valence-electron chi connectivity index (χ0n) is 9.97. The van der Waals surface area contributed by atoms with Crippen LogP contribution in [0.5, 0.6) is 0 Å². The van der Waals surface area contributed by atoms with Gasteiger partial charge in [-0.05, 0) is 19.3 Å². The topological polar surface area (TPSA) is 53.2 Å². The fraction of sp³-hybridized carbons (Fsp3) is 0.909. The standard InChI is InChI=1S/C11H23N3O/c1-8(2)4-5-12-11(15)10-7-13-9(3)6-14-10/h8-10,13-14H,4-7H2,1-3H3,(H,12,15). The molecule has 0 saturated carbocycles. The van der Waals surface area contributed by atoms with E-state index in [-0.39, 0.29) is 11.9 Å². The molecule has 0 aliphatic carbocycles. The third-order valence-electron chi connectivity index (χ3n) is 2.68. The highest BCUT2D eigenvalue weighted by Gasteiger charge is 2.22. The third kappa shape index (κ3) is 4.62. The van der Waals surface area contributed by atoms with E-state index in [0.717, 1.165) is 26.1 Å². The molecule has 4 nitrogen and oxygen atoms in total. The van der Waals surface area contributed by atoms with Crippen LogP contribution in [0.1, 0.15) is 27.2 Å². The molecule has 1 amide bonds. The summed E-state index contributed by atoms with van der Waals surface area (Å²) in [6.07, 6.45) is 1.04. The monoisotopic (exact) mass is 213 g/mol. The van der Waals surface area contributed by atoms with Crippen molar-refractivity contribution in [1.82, 2.24) is 16.0 Å². The summed E-state index contributed by atoms with van der Waals surface area (Å²) < 4.78 is 0. The third-order valence-corrected chi connectivity index (χ3v) is 2.68. The van der Waals surface area contributed by atoms with Crippen LogP contribution < -0.4 is 16.0 Å². The van der Waals surface area contributed by atoms with Gasteiger partial charge in [-0.25, -0.2) is 0 Å². The van der Waals surface area contributed by atoms with E-state index in [4.69, 9.17) is 0 Å². The second-order valence-corrected chi connectivity index (χ2v) is 4.74. The molecule has 0 aromatic carbocycles. The van der Waals surface area contributed by atoms with Gasteiger partial charge in [-0.3, -0.25) is 4.79 Å². The summed E-state index contributed by atoms with van der Waals surface area (Å²) in [4.78, 5) is 11.7. The van der Waals surface area contributed by atoms with Crippen LogP contribution in [-0.4, -0.2) is 37.6 Å². The Bertz CT molecular complexity index is 198. The van der Waals surface area contributed by atoms with Gasteiger partial charge >= 0.3 is 0 Å². The van der Waals surface area contributed by atoms with Crippen LogP contribution in [-0.2, 0) is 4.79 Å². The predicted octanol–water partition coefficient (Wildman–Crippen LogP) is 0.0986. The number of piperazine rings is 1. The van der Waals surface area contributed by atoms with Crippen molar-refractivity contribution in [2.45, 2.75) is 39.3 Å². The van der Waals surface area contributed by atoms with Crippen molar-refractivity contribution in [3.05, 3.63) is 0 Å². The fourth-order valence-corrected chi connectivity index (χ4v) is 1.58. The molecule has 15 heavy (non-hydrogen) atoms. The van der Waals surface area contributed by atoms with Crippen LogP contribution in [0.4, 0.5) is 0 Å². The lowest BCUT2D eigenvalue weighted by molar-refractivity contribution is -0.123. The minimum absolute atomic E-state index is 0.0617. The summed E-state index contributed by atoms with van der Waals surface area (Å²) in [6, 6.07) is 0.401. The maximum atomic E-state index is 11.7. The van der Waals surface area contributed by atoms with Gasteiger partial charge in [0.2, 0.25) is 5.91 Å². The minimum Gasteiger partial charge on any atom is -0.355 e. The molecule has 4 heteroatoms. The normalized spacial score (nSPS) is 26.7. The lowest BCUT2D eigenvalue weighted by atomic mass is 10.1. The molecular weight excluding hydrogens is 190 g/mol. The molecule has 1 saturated heterocycles. The van der Waals surface area contributed by atoms with Crippen LogP contribution in [0.25, 0.3) is 0 Å². The van der Waals surface area contributed by atoms with Crippen molar-refractivity contribution in [3.8, 4) is 0 Å². The molecule has 0 aromatic heterocycles. The molecule has 1 aliphatic rings. The number of amides is 1. The smallest absolute Gasteiger partial charge is 0.238 e. The predicted molar refractivity (Wildman–Crippen MR) is 61.7 cm³/mol. The maximum Gasteiger partial charge on any atom is 0.238 e. The first-order valence-electron chi connectivity index (χ1n) is 5.84. The van der Waals surface area contributed by atoms with E-state index in [1.54, 1.807) is 0 Å². The summed E-state index contributed by atoms with van der Waals surface area (Å²) in [5, 5.41) is 9.48. The molecule has 3 N–H and O–H groups in total. The number of hydrogen-bond donors (Lipinski definition) is 3. The highest BCUT2D eigenvalue weighted by atomic mass is 16.2. The van der Waals surface area contributed by atoms with Gasteiger partial charge in [-0.1, -0.05) is 13.8 Å². The van der Waals surface area contributed by atoms with Gasteiger partial charge in [0.25, 0.3) is 0 Å². The molecule has 2 unspecified atom stereocenters. The minimum atomic E-state index is -0.0617.